The molecule has 92 valence electrons. The molecule has 0 saturated heterocycles. The molecule has 0 aromatic carbocycles. The molecule has 0 atom stereocenters. The van der Waals surface area contributed by atoms with Gasteiger partial charge in [-0.2, -0.15) is 0 Å². The average molecular weight is 262 g/mol. The summed E-state index contributed by atoms with van der Waals surface area (Å²) in [5.41, 5.74) is 0.648. The van der Waals surface area contributed by atoms with Crippen molar-refractivity contribution in [1.29, 1.82) is 0 Å². The summed E-state index contributed by atoms with van der Waals surface area (Å²) in [5, 5.41) is 16.6. The van der Waals surface area contributed by atoms with Gasteiger partial charge >= 0.3 is 0 Å². The van der Waals surface area contributed by atoms with Crippen LogP contribution in [0.4, 0.5) is 5.82 Å². The molecule has 0 spiro atoms. The van der Waals surface area contributed by atoms with Crippen LogP contribution in [0.5, 0.6) is 0 Å². The number of nitrogens with zero attached hydrogens (tertiary/aromatic N) is 1. The second kappa shape index (κ2) is 6.00. The highest BCUT2D eigenvalue weighted by atomic mass is 32.1. The van der Waals surface area contributed by atoms with Gasteiger partial charge in [-0.1, -0.05) is 17.0 Å². The summed E-state index contributed by atoms with van der Waals surface area (Å²) in [4.78, 5) is 12.4. The van der Waals surface area contributed by atoms with E-state index >= 15 is 0 Å². The molecular formula is C12H10N2O3S. The number of carbonyl (C=O) groups excluding carboxylic acids is 1. The van der Waals surface area contributed by atoms with Crippen molar-refractivity contribution >= 4 is 23.1 Å². The molecule has 0 fully saturated rings. The molecule has 2 heterocycles. The van der Waals surface area contributed by atoms with Crippen LogP contribution in [-0.2, 0) is 0 Å². The third-order valence-electron chi connectivity index (χ3n) is 2.01. The third kappa shape index (κ3) is 2.97. The first-order valence-corrected chi connectivity index (χ1v) is 6.08. The predicted molar refractivity (Wildman–Crippen MR) is 67.4 cm³/mol. The molecule has 6 heteroatoms. The zero-order chi connectivity index (χ0) is 12.8. The number of hydrogen-bond acceptors (Lipinski definition) is 5. The molecule has 0 aliphatic carbocycles. The number of nitrogens with one attached hydrogen (secondary N) is 1. The van der Waals surface area contributed by atoms with E-state index in [9.17, 15) is 4.79 Å². The van der Waals surface area contributed by atoms with Crippen LogP contribution in [0.2, 0.25) is 0 Å². The molecule has 0 bridgehead atoms. The largest absolute Gasteiger partial charge is 0.395 e. The highest BCUT2D eigenvalue weighted by Gasteiger charge is 2.13. The van der Waals surface area contributed by atoms with Gasteiger partial charge in [0, 0.05) is 18.1 Å². The van der Waals surface area contributed by atoms with Crippen molar-refractivity contribution in [2.75, 3.05) is 11.9 Å². The van der Waals surface area contributed by atoms with Crippen LogP contribution in [0.15, 0.2) is 28.3 Å². The van der Waals surface area contributed by atoms with Gasteiger partial charge in [-0.05, 0) is 11.4 Å². The summed E-state index contributed by atoms with van der Waals surface area (Å²) in [5.74, 6) is 5.73. The van der Waals surface area contributed by atoms with Gasteiger partial charge in [0.15, 0.2) is 5.82 Å². The van der Waals surface area contributed by atoms with E-state index in [1.807, 2.05) is 0 Å². The predicted octanol–water partition coefficient (Wildman–Crippen LogP) is 1.72. The number of hydrogen-bond donors (Lipinski definition) is 2. The van der Waals surface area contributed by atoms with Crippen LogP contribution in [0, 0.1) is 11.8 Å². The van der Waals surface area contributed by atoms with Crippen LogP contribution in [-0.4, -0.2) is 22.8 Å². The summed E-state index contributed by atoms with van der Waals surface area (Å²) in [7, 11) is 0. The standard InChI is InChI=1S/C12H10N2O3S/c15-6-2-1-3-9-5-8-18-11(9)12(16)13-10-4-7-17-14-10/h4-5,7-8,15H,2,6H2,(H,13,14,16). The van der Waals surface area contributed by atoms with E-state index in [0.717, 1.165) is 0 Å². The van der Waals surface area contributed by atoms with E-state index in [0.29, 0.717) is 22.7 Å². The van der Waals surface area contributed by atoms with E-state index in [-0.39, 0.29) is 12.5 Å². The van der Waals surface area contributed by atoms with E-state index < -0.39 is 0 Å². The Labute approximate surface area is 107 Å². The Hall–Kier alpha value is -2.10. The monoisotopic (exact) mass is 262 g/mol. The minimum absolute atomic E-state index is 0.0115. The summed E-state index contributed by atoms with van der Waals surface area (Å²) < 4.78 is 4.63. The molecule has 0 radical (unpaired) electrons. The van der Waals surface area contributed by atoms with Crippen molar-refractivity contribution in [3.63, 3.8) is 0 Å². The lowest BCUT2D eigenvalue weighted by Crippen LogP contribution is -2.11. The van der Waals surface area contributed by atoms with Crippen molar-refractivity contribution in [2.45, 2.75) is 6.42 Å². The highest BCUT2D eigenvalue weighted by molar-refractivity contribution is 7.12. The first-order valence-electron chi connectivity index (χ1n) is 5.20. The number of rotatable bonds is 3. The van der Waals surface area contributed by atoms with Crippen molar-refractivity contribution in [1.82, 2.24) is 5.16 Å². The Kier molecular flexibility index (Phi) is 4.12. The number of aliphatic hydroxyl groups is 1. The number of amides is 1. The molecular weight excluding hydrogens is 252 g/mol. The van der Waals surface area contributed by atoms with Crippen LogP contribution < -0.4 is 5.32 Å². The molecule has 0 aliphatic rings. The van der Waals surface area contributed by atoms with Gasteiger partial charge in [-0.15, -0.1) is 11.3 Å². The van der Waals surface area contributed by atoms with Gasteiger partial charge in [0.2, 0.25) is 0 Å². The summed E-state index contributed by atoms with van der Waals surface area (Å²) >= 11 is 1.30. The van der Waals surface area contributed by atoms with E-state index in [4.69, 9.17) is 5.11 Å². The Morgan fingerprint density at radius 2 is 2.44 bits per heavy atom. The first-order chi connectivity index (χ1) is 8.81. The number of aromatic nitrogens is 1. The maximum atomic E-state index is 11.9. The molecule has 5 nitrogen and oxygen atoms in total. The molecule has 2 aromatic heterocycles. The smallest absolute Gasteiger partial charge is 0.268 e. The number of thiophene rings is 1. The van der Waals surface area contributed by atoms with Gasteiger partial charge in [0.25, 0.3) is 5.91 Å². The summed E-state index contributed by atoms with van der Waals surface area (Å²) in [6.45, 7) is 0.0115. The van der Waals surface area contributed by atoms with E-state index in [1.54, 1.807) is 17.5 Å². The fourth-order valence-electron chi connectivity index (χ4n) is 1.25. The Bertz CT molecular complexity index is 578. The molecule has 2 N–H and O–H groups in total. The topological polar surface area (TPSA) is 75.4 Å². The Balaban J connectivity index is 2.12. The zero-order valence-electron chi connectivity index (χ0n) is 9.34. The zero-order valence-corrected chi connectivity index (χ0v) is 10.2. The maximum Gasteiger partial charge on any atom is 0.268 e. The summed E-state index contributed by atoms with van der Waals surface area (Å²) in [6.07, 6.45) is 1.77. The lowest BCUT2D eigenvalue weighted by Gasteiger charge is -1.98. The molecule has 0 saturated carbocycles. The fraction of sp³-hybridized carbons (Fsp3) is 0.167. The molecule has 2 rings (SSSR count). The van der Waals surface area contributed by atoms with Gasteiger partial charge in [-0.25, -0.2) is 0 Å². The van der Waals surface area contributed by atoms with Crippen molar-refractivity contribution in [3.8, 4) is 11.8 Å². The van der Waals surface area contributed by atoms with E-state index in [1.165, 1.54) is 17.6 Å². The minimum Gasteiger partial charge on any atom is -0.395 e. The van der Waals surface area contributed by atoms with Gasteiger partial charge in [0.05, 0.1) is 6.61 Å². The second-order valence-corrected chi connectivity index (χ2v) is 4.19. The van der Waals surface area contributed by atoms with Gasteiger partial charge < -0.3 is 14.9 Å². The summed E-state index contributed by atoms with van der Waals surface area (Å²) in [6, 6.07) is 3.33. The quantitative estimate of drug-likeness (QED) is 0.826. The molecule has 18 heavy (non-hydrogen) atoms. The van der Waals surface area contributed by atoms with Crippen molar-refractivity contribution in [2.24, 2.45) is 0 Å². The number of anilines is 1. The maximum absolute atomic E-state index is 11.9. The third-order valence-corrected chi connectivity index (χ3v) is 2.92. The molecule has 0 aliphatic heterocycles. The van der Waals surface area contributed by atoms with E-state index in [2.05, 4.69) is 26.8 Å². The van der Waals surface area contributed by atoms with Crippen LogP contribution in [0.25, 0.3) is 0 Å². The Morgan fingerprint density at radius 1 is 1.56 bits per heavy atom. The second-order valence-electron chi connectivity index (χ2n) is 3.28. The van der Waals surface area contributed by atoms with Gasteiger partial charge in [0.1, 0.15) is 11.1 Å². The normalized spacial score (nSPS) is 9.61. The number of aliphatic hydroxyl groups excluding tert-OH is 1. The minimum atomic E-state index is -0.271. The fourth-order valence-corrected chi connectivity index (χ4v) is 1.99. The van der Waals surface area contributed by atoms with Gasteiger partial charge in [-0.3, -0.25) is 4.79 Å². The first kappa shape index (κ1) is 12.4. The van der Waals surface area contributed by atoms with Crippen LogP contribution in [0.3, 0.4) is 0 Å². The Morgan fingerprint density at radius 3 is 3.17 bits per heavy atom. The lowest BCUT2D eigenvalue weighted by molar-refractivity contribution is 0.102. The number of carbonyl (C=O) groups is 1. The lowest BCUT2D eigenvalue weighted by atomic mass is 10.2. The average Bonchev–Trinajstić information content (AvgIpc) is 3.00. The van der Waals surface area contributed by atoms with Crippen molar-refractivity contribution < 1.29 is 14.4 Å². The molecule has 0 unspecified atom stereocenters. The molecule has 2 aromatic rings. The van der Waals surface area contributed by atoms with Crippen LogP contribution >= 0.6 is 11.3 Å². The molecule has 1 amide bonds. The van der Waals surface area contributed by atoms with Crippen LogP contribution in [0.1, 0.15) is 21.7 Å². The van der Waals surface area contributed by atoms with Crippen molar-refractivity contribution in [3.05, 3.63) is 34.2 Å². The SMILES string of the molecule is O=C(Nc1ccon1)c1sccc1C#CCCO. The highest BCUT2D eigenvalue weighted by Crippen LogP contribution is 2.17.